The third-order valence-electron chi connectivity index (χ3n) is 4.66. The SMILES string of the molecule is CC(=O)CC1(O)C(=O)N(Cc2ccccc2Cl)c2c(C)ccc(C)c21. The van der Waals surface area contributed by atoms with Crippen molar-refractivity contribution >= 4 is 29.0 Å². The molecule has 1 unspecified atom stereocenters. The smallest absolute Gasteiger partial charge is 0.264 e. The highest BCUT2D eigenvalue weighted by Crippen LogP contribution is 2.46. The van der Waals surface area contributed by atoms with Crippen molar-refractivity contribution in [2.24, 2.45) is 0 Å². The third kappa shape index (κ3) is 2.86. The molecular weight excluding hydrogens is 338 g/mol. The number of anilines is 1. The molecule has 0 saturated heterocycles. The zero-order valence-electron chi connectivity index (χ0n) is 14.5. The lowest BCUT2D eigenvalue weighted by molar-refractivity contribution is -0.141. The van der Waals surface area contributed by atoms with Crippen LogP contribution in [0.1, 0.15) is 35.6 Å². The number of aliphatic hydroxyl groups is 1. The molecule has 0 aliphatic carbocycles. The molecule has 0 aromatic heterocycles. The number of hydrogen-bond donors (Lipinski definition) is 1. The number of aryl methyl sites for hydroxylation is 2. The number of carbonyl (C=O) groups is 2. The Morgan fingerprint density at radius 2 is 1.80 bits per heavy atom. The van der Waals surface area contributed by atoms with Crippen molar-refractivity contribution in [2.45, 2.75) is 39.3 Å². The van der Waals surface area contributed by atoms with Gasteiger partial charge < -0.3 is 10.0 Å². The molecule has 130 valence electrons. The Morgan fingerprint density at radius 3 is 2.44 bits per heavy atom. The lowest BCUT2D eigenvalue weighted by atomic mass is 9.86. The van der Waals surface area contributed by atoms with Crippen LogP contribution < -0.4 is 4.90 Å². The molecule has 1 aliphatic heterocycles. The van der Waals surface area contributed by atoms with Gasteiger partial charge in [-0.05, 0) is 43.5 Å². The molecule has 2 aromatic rings. The highest BCUT2D eigenvalue weighted by molar-refractivity contribution is 6.31. The molecule has 1 amide bonds. The predicted molar refractivity (Wildman–Crippen MR) is 97.8 cm³/mol. The van der Waals surface area contributed by atoms with Crippen molar-refractivity contribution < 1.29 is 14.7 Å². The number of carbonyl (C=O) groups excluding carboxylic acids is 2. The summed E-state index contributed by atoms with van der Waals surface area (Å²) in [5.41, 5.74) is 1.84. The van der Waals surface area contributed by atoms with Crippen LogP contribution in [0.5, 0.6) is 0 Å². The van der Waals surface area contributed by atoms with Gasteiger partial charge in [-0.2, -0.15) is 0 Å². The van der Waals surface area contributed by atoms with Crippen molar-refractivity contribution in [1.29, 1.82) is 0 Å². The van der Waals surface area contributed by atoms with Gasteiger partial charge in [0.1, 0.15) is 5.78 Å². The number of ketones is 1. The van der Waals surface area contributed by atoms with E-state index in [1.807, 2.05) is 44.2 Å². The molecule has 3 rings (SSSR count). The standard InChI is InChI=1S/C20H20ClNO3/c1-12-8-9-13(2)18-17(12)20(25,10-14(3)23)19(24)22(18)11-15-6-4-5-7-16(15)21/h4-9,25H,10-11H2,1-3H3. The Morgan fingerprint density at radius 1 is 1.16 bits per heavy atom. The van der Waals surface area contributed by atoms with E-state index >= 15 is 0 Å². The van der Waals surface area contributed by atoms with Gasteiger partial charge in [0, 0.05) is 17.0 Å². The van der Waals surface area contributed by atoms with Crippen molar-refractivity contribution in [3.63, 3.8) is 0 Å². The molecule has 0 saturated carbocycles. The number of benzene rings is 2. The topological polar surface area (TPSA) is 57.6 Å². The van der Waals surface area contributed by atoms with Gasteiger partial charge >= 0.3 is 0 Å². The van der Waals surface area contributed by atoms with Crippen LogP contribution in [-0.4, -0.2) is 16.8 Å². The number of fused-ring (bicyclic) bond motifs is 1. The molecule has 1 N–H and O–H groups in total. The largest absolute Gasteiger partial charge is 0.375 e. The maximum atomic E-state index is 13.1. The second kappa shape index (κ2) is 6.28. The van der Waals surface area contributed by atoms with Gasteiger partial charge in [0.25, 0.3) is 5.91 Å². The quantitative estimate of drug-likeness (QED) is 0.908. The molecule has 0 bridgehead atoms. The molecule has 4 nitrogen and oxygen atoms in total. The highest BCUT2D eigenvalue weighted by atomic mass is 35.5. The second-order valence-electron chi connectivity index (χ2n) is 6.64. The van der Waals surface area contributed by atoms with Gasteiger partial charge in [-0.3, -0.25) is 9.59 Å². The summed E-state index contributed by atoms with van der Waals surface area (Å²) < 4.78 is 0. The Balaban J connectivity index is 2.16. The first-order valence-corrected chi connectivity index (χ1v) is 8.51. The average Bonchev–Trinajstić information content (AvgIpc) is 2.75. The summed E-state index contributed by atoms with van der Waals surface area (Å²) in [5, 5.41) is 11.7. The second-order valence-corrected chi connectivity index (χ2v) is 7.05. The Bertz CT molecular complexity index is 877. The van der Waals surface area contributed by atoms with Crippen molar-refractivity contribution in [3.05, 3.63) is 63.7 Å². The van der Waals surface area contributed by atoms with Crippen LogP contribution in [0.3, 0.4) is 0 Å². The van der Waals surface area contributed by atoms with Crippen molar-refractivity contribution in [1.82, 2.24) is 0 Å². The Labute approximate surface area is 152 Å². The summed E-state index contributed by atoms with van der Waals surface area (Å²) in [6.07, 6.45) is -0.234. The maximum Gasteiger partial charge on any atom is 0.264 e. The van der Waals surface area contributed by atoms with E-state index in [1.54, 1.807) is 11.0 Å². The third-order valence-corrected chi connectivity index (χ3v) is 5.03. The number of hydrogen-bond acceptors (Lipinski definition) is 3. The van der Waals surface area contributed by atoms with E-state index in [0.29, 0.717) is 16.3 Å². The lowest BCUT2D eigenvalue weighted by Crippen LogP contribution is -2.41. The fraction of sp³-hybridized carbons (Fsp3) is 0.300. The molecule has 2 aromatic carbocycles. The minimum Gasteiger partial charge on any atom is -0.375 e. The fourth-order valence-corrected chi connectivity index (χ4v) is 3.77. The monoisotopic (exact) mass is 357 g/mol. The van der Waals surface area contributed by atoms with Crippen LogP contribution in [0.2, 0.25) is 5.02 Å². The molecule has 5 heteroatoms. The minimum absolute atomic E-state index is 0.234. The summed E-state index contributed by atoms with van der Waals surface area (Å²) in [6, 6.07) is 11.1. The summed E-state index contributed by atoms with van der Waals surface area (Å²) in [4.78, 5) is 26.4. The van der Waals surface area contributed by atoms with E-state index in [9.17, 15) is 14.7 Å². The van der Waals surface area contributed by atoms with E-state index < -0.39 is 11.5 Å². The molecule has 0 spiro atoms. The predicted octanol–water partition coefficient (Wildman–Crippen LogP) is 3.67. The number of amides is 1. The van der Waals surface area contributed by atoms with E-state index in [1.165, 1.54) is 6.92 Å². The Kier molecular flexibility index (Phi) is 4.43. The normalized spacial score (nSPS) is 19.2. The molecule has 1 heterocycles. The van der Waals surface area contributed by atoms with Gasteiger partial charge in [-0.1, -0.05) is 41.9 Å². The lowest BCUT2D eigenvalue weighted by Gasteiger charge is -2.23. The molecule has 1 atom stereocenters. The van der Waals surface area contributed by atoms with Gasteiger partial charge in [-0.25, -0.2) is 0 Å². The van der Waals surface area contributed by atoms with Crippen LogP contribution in [0.4, 0.5) is 5.69 Å². The van der Waals surface area contributed by atoms with Crippen LogP contribution in [0, 0.1) is 13.8 Å². The first kappa shape index (κ1) is 17.6. The number of Topliss-reactive ketones (excluding diaryl/α,β-unsaturated/α-hetero) is 1. The summed E-state index contributed by atoms with van der Waals surface area (Å²) in [6.45, 7) is 5.36. The Hall–Kier alpha value is -2.17. The van der Waals surface area contributed by atoms with E-state index in [0.717, 1.165) is 16.7 Å². The van der Waals surface area contributed by atoms with E-state index in [2.05, 4.69) is 0 Å². The molecule has 1 aliphatic rings. The van der Waals surface area contributed by atoms with Crippen LogP contribution in [0.15, 0.2) is 36.4 Å². The summed E-state index contributed by atoms with van der Waals surface area (Å²) in [5.74, 6) is -0.711. The first-order chi connectivity index (χ1) is 11.8. The van der Waals surface area contributed by atoms with Crippen LogP contribution >= 0.6 is 11.6 Å². The van der Waals surface area contributed by atoms with Crippen molar-refractivity contribution in [3.8, 4) is 0 Å². The zero-order valence-corrected chi connectivity index (χ0v) is 15.2. The average molecular weight is 358 g/mol. The molecule has 0 fully saturated rings. The minimum atomic E-state index is -1.82. The van der Waals surface area contributed by atoms with Gasteiger partial charge in [0.15, 0.2) is 5.60 Å². The van der Waals surface area contributed by atoms with Gasteiger partial charge in [0.2, 0.25) is 0 Å². The summed E-state index contributed by atoms with van der Waals surface area (Å²) in [7, 11) is 0. The number of rotatable bonds is 4. The maximum absolute atomic E-state index is 13.1. The van der Waals surface area contributed by atoms with Gasteiger partial charge in [0.05, 0.1) is 12.2 Å². The van der Waals surface area contributed by atoms with Crippen LogP contribution in [0.25, 0.3) is 0 Å². The van der Waals surface area contributed by atoms with Crippen LogP contribution in [-0.2, 0) is 21.7 Å². The van der Waals surface area contributed by atoms with E-state index in [-0.39, 0.29) is 18.7 Å². The molecule has 0 radical (unpaired) electrons. The number of nitrogens with zero attached hydrogens (tertiary/aromatic N) is 1. The fourth-order valence-electron chi connectivity index (χ4n) is 3.57. The van der Waals surface area contributed by atoms with E-state index in [4.69, 9.17) is 11.6 Å². The number of halogens is 1. The first-order valence-electron chi connectivity index (χ1n) is 8.13. The van der Waals surface area contributed by atoms with Crippen molar-refractivity contribution in [2.75, 3.05) is 4.90 Å². The molecular formula is C20H20ClNO3. The zero-order chi connectivity index (χ0) is 18.4. The molecule has 25 heavy (non-hydrogen) atoms. The van der Waals surface area contributed by atoms with Gasteiger partial charge in [-0.15, -0.1) is 0 Å². The summed E-state index contributed by atoms with van der Waals surface area (Å²) >= 11 is 6.25. The highest BCUT2D eigenvalue weighted by Gasteiger charge is 2.51.